The van der Waals surface area contributed by atoms with Gasteiger partial charge in [0.25, 0.3) is 0 Å². The maximum absolute atomic E-state index is 12.7. The molecule has 0 saturated carbocycles. The molecule has 0 fully saturated rings. The monoisotopic (exact) mass is 583 g/mol. The number of aromatic nitrogens is 1. The topological polar surface area (TPSA) is 52.3 Å². The van der Waals surface area contributed by atoms with Crippen LogP contribution in [-0.2, 0) is 10.7 Å². The lowest BCUT2D eigenvalue weighted by molar-refractivity contribution is 0.0752. The van der Waals surface area contributed by atoms with E-state index in [0.29, 0.717) is 29.0 Å². The van der Waals surface area contributed by atoms with E-state index in [1.807, 2.05) is 37.3 Å². The summed E-state index contributed by atoms with van der Waals surface area (Å²) in [5.41, 5.74) is 2.54. The molecule has 37 heavy (non-hydrogen) atoms. The Labute approximate surface area is 239 Å². The zero-order valence-corrected chi connectivity index (χ0v) is 24.4. The first-order valence-electron chi connectivity index (χ1n) is 13.0. The van der Waals surface area contributed by atoms with Gasteiger partial charge in [-0.3, -0.25) is 0 Å². The lowest BCUT2D eigenvalue weighted by Gasteiger charge is -2.16. The van der Waals surface area contributed by atoms with Gasteiger partial charge in [-0.25, -0.2) is 9.78 Å². The molecule has 0 saturated heterocycles. The van der Waals surface area contributed by atoms with Crippen LogP contribution in [0.4, 0.5) is 0 Å². The lowest BCUT2D eigenvalue weighted by atomic mass is 9.95. The van der Waals surface area contributed by atoms with Crippen LogP contribution in [0.1, 0.15) is 92.7 Å². The van der Waals surface area contributed by atoms with Gasteiger partial charge in [-0.2, -0.15) is 0 Å². The molecule has 1 aromatic heterocycles. The highest BCUT2D eigenvalue weighted by Gasteiger charge is 2.30. The van der Waals surface area contributed by atoms with E-state index in [-0.39, 0.29) is 26.5 Å². The smallest absolute Gasteiger partial charge is 0.358 e. The van der Waals surface area contributed by atoms with Crippen LogP contribution in [0.5, 0.6) is 0 Å². The quantitative estimate of drug-likeness (QED) is 0.140. The van der Waals surface area contributed by atoms with Gasteiger partial charge in [-0.15, -0.1) is 0 Å². The van der Waals surface area contributed by atoms with E-state index in [4.69, 9.17) is 51.1 Å². The number of benzene rings is 2. The van der Waals surface area contributed by atoms with Gasteiger partial charge in [0.2, 0.25) is 5.89 Å². The van der Waals surface area contributed by atoms with E-state index in [1.54, 1.807) is 0 Å². The van der Waals surface area contributed by atoms with E-state index < -0.39 is 5.97 Å². The highest BCUT2D eigenvalue weighted by atomic mass is 35.5. The van der Waals surface area contributed by atoms with Crippen LogP contribution >= 0.6 is 46.7 Å². The first kappa shape index (κ1) is 29.8. The van der Waals surface area contributed by atoms with Crippen LogP contribution in [0.2, 0.25) is 15.1 Å². The molecule has 0 aliphatic rings. The number of rotatable bonds is 14. The third-order valence-electron chi connectivity index (χ3n) is 6.52. The molecule has 0 amide bonds. The summed E-state index contributed by atoms with van der Waals surface area (Å²) in [5, 5.41) is 0.315. The normalized spacial score (nSPS) is 11.2. The number of halogens is 4. The van der Waals surface area contributed by atoms with E-state index >= 15 is 0 Å². The molecular formula is C29H33Cl4NO3. The minimum atomic E-state index is -0.846. The second-order valence-electron chi connectivity index (χ2n) is 9.27. The van der Waals surface area contributed by atoms with Gasteiger partial charge < -0.3 is 8.71 Å². The molecule has 0 N–H and O–H groups in total. The largest absolute Gasteiger partial charge is 0.436 e. The van der Waals surface area contributed by atoms with Gasteiger partial charge in [-0.1, -0.05) is 130 Å². The number of unbranched alkanes of at least 4 members (excludes halogenated alkanes) is 9. The Morgan fingerprint density at radius 3 is 2.05 bits per heavy atom. The van der Waals surface area contributed by atoms with Crippen LogP contribution in [-0.4, -0.2) is 11.0 Å². The van der Waals surface area contributed by atoms with Crippen LogP contribution in [0.15, 0.2) is 34.7 Å². The van der Waals surface area contributed by atoms with E-state index in [2.05, 4.69) is 16.2 Å². The summed E-state index contributed by atoms with van der Waals surface area (Å²) in [6, 6.07) is 9.61. The van der Waals surface area contributed by atoms with Crippen LogP contribution in [0, 0.1) is 6.92 Å². The molecule has 8 heteroatoms. The second kappa shape index (κ2) is 15.0. The molecule has 4 nitrogen and oxygen atoms in total. The van der Waals surface area contributed by atoms with E-state index in [1.165, 1.54) is 44.9 Å². The average Bonchev–Trinajstić information content (AvgIpc) is 3.30. The van der Waals surface area contributed by atoms with Crippen molar-refractivity contribution in [3.8, 4) is 22.8 Å². The summed E-state index contributed by atoms with van der Waals surface area (Å²) in [6.45, 7) is 4.08. The van der Waals surface area contributed by atoms with E-state index in [0.717, 1.165) is 24.8 Å². The molecule has 3 rings (SSSR count). The fourth-order valence-corrected chi connectivity index (χ4v) is 5.44. The zero-order valence-electron chi connectivity index (χ0n) is 21.3. The number of hydrogen-bond donors (Lipinski definition) is 0. The van der Waals surface area contributed by atoms with Crippen molar-refractivity contribution >= 4 is 52.6 Å². The molecule has 3 aromatic rings. The average molecular weight is 585 g/mol. The van der Waals surface area contributed by atoms with Gasteiger partial charge in [0, 0.05) is 5.56 Å². The molecular weight excluding hydrogens is 552 g/mol. The Bertz CT molecular complexity index is 1180. The summed E-state index contributed by atoms with van der Waals surface area (Å²) in [7, 11) is 0. The van der Waals surface area contributed by atoms with Gasteiger partial charge in [0.1, 0.15) is 11.9 Å². The number of aryl methyl sites for hydroxylation is 1. The van der Waals surface area contributed by atoms with E-state index in [9.17, 15) is 4.79 Å². The number of carbonyl (C=O) groups is 1. The fraction of sp³-hybridized carbons (Fsp3) is 0.448. The Morgan fingerprint density at radius 2 is 1.46 bits per heavy atom. The molecule has 0 atom stereocenters. The minimum Gasteiger partial charge on any atom is -0.436 e. The Hall–Kier alpha value is -1.72. The third-order valence-corrected chi connectivity index (χ3v) is 8.03. The minimum absolute atomic E-state index is 0.00555. The first-order valence-corrected chi connectivity index (χ1v) is 14.4. The first-order chi connectivity index (χ1) is 17.9. The molecule has 0 aliphatic carbocycles. The van der Waals surface area contributed by atoms with Crippen molar-refractivity contribution in [2.75, 3.05) is 0 Å². The molecule has 1 heterocycles. The van der Waals surface area contributed by atoms with Gasteiger partial charge in [0.05, 0.1) is 31.9 Å². The van der Waals surface area contributed by atoms with Crippen LogP contribution < -0.4 is 0 Å². The zero-order chi connectivity index (χ0) is 26.8. The standard InChI is InChI=1S/C29H33Cl4NO3/c1-3-4-5-6-7-8-9-10-11-15-18-21-22(23(29(35)37-33)25(31)26(32)24(21)30)28-34-19(2)27(36-28)20-16-13-12-14-17-20/h12-14,16-17H,3-11,15,18H2,1-2H3. The SMILES string of the molecule is CCCCCCCCCCCCc1c(Cl)c(Cl)c(Cl)c(C(=O)OCl)c1-c1nc(C)c(-c2ccccc2)o1. The molecule has 0 aliphatic heterocycles. The number of hydrogen-bond acceptors (Lipinski definition) is 4. The molecule has 0 radical (unpaired) electrons. The summed E-state index contributed by atoms with van der Waals surface area (Å²) < 4.78 is 10.7. The molecule has 0 unspecified atom stereocenters. The summed E-state index contributed by atoms with van der Waals surface area (Å²) in [4.78, 5) is 17.4. The molecule has 0 spiro atoms. The van der Waals surface area contributed by atoms with Crippen molar-refractivity contribution in [3.63, 3.8) is 0 Å². The number of nitrogens with zero attached hydrogens (tertiary/aromatic N) is 1. The van der Waals surface area contributed by atoms with Crippen molar-refractivity contribution < 1.29 is 13.5 Å². The summed E-state index contributed by atoms with van der Waals surface area (Å²) >= 11 is 25.1. The molecule has 0 bridgehead atoms. The predicted molar refractivity (Wildman–Crippen MR) is 154 cm³/mol. The molecule has 2 aromatic carbocycles. The predicted octanol–water partition coefficient (Wildman–Crippen LogP) is 11.1. The number of oxazole rings is 1. The lowest BCUT2D eigenvalue weighted by Crippen LogP contribution is -2.07. The highest BCUT2D eigenvalue weighted by molar-refractivity contribution is 6.50. The van der Waals surface area contributed by atoms with Crippen molar-refractivity contribution in [1.29, 1.82) is 0 Å². The van der Waals surface area contributed by atoms with Crippen molar-refractivity contribution in [3.05, 3.63) is 62.2 Å². The van der Waals surface area contributed by atoms with Gasteiger partial charge in [0.15, 0.2) is 5.76 Å². The van der Waals surface area contributed by atoms with Crippen LogP contribution in [0.3, 0.4) is 0 Å². The third kappa shape index (κ3) is 7.66. The second-order valence-corrected chi connectivity index (χ2v) is 10.6. The van der Waals surface area contributed by atoms with Gasteiger partial charge in [-0.05, 0) is 25.3 Å². The van der Waals surface area contributed by atoms with Crippen molar-refractivity contribution in [2.45, 2.75) is 84.5 Å². The van der Waals surface area contributed by atoms with Crippen molar-refractivity contribution in [1.82, 2.24) is 4.98 Å². The van der Waals surface area contributed by atoms with Crippen LogP contribution in [0.25, 0.3) is 22.8 Å². The summed E-state index contributed by atoms with van der Waals surface area (Å²) in [5.74, 6) is -0.0366. The Morgan fingerprint density at radius 1 is 0.865 bits per heavy atom. The molecule has 200 valence electrons. The van der Waals surface area contributed by atoms with Gasteiger partial charge >= 0.3 is 5.97 Å². The fourth-order valence-electron chi connectivity index (χ4n) is 4.56. The van der Waals surface area contributed by atoms with Crippen molar-refractivity contribution in [2.24, 2.45) is 0 Å². The number of carbonyl (C=O) groups excluding carboxylic acids is 1. The Kier molecular flexibility index (Phi) is 12.1. The maximum Gasteiger partial charge on any atom is 0.358 e. The Balaban J connectivity index is 1.86. The highest BCUT2D eigenvalue weighted by Crippen LogP contribution is 2.45. The summed E-state index contributed by atoms with van der Waals surface area (Å²) in [6.07, 6.45) is 12.6. The maximum atomic E-state index is 12.7.